The van der Waals surface area contributed by atoms with E-state index in [4.69, 9.17) is 5.11 Å². The van der Waals surface area contributed by atoms with Gasteiger partial charge in [0.25, 0.3) is 0 Å². The highest BCUT2D eigenvalue weighted by Gasteiger charge is 2.41. The molecule has 6 nitrogen and oxygen atoms in total. The minimum absolute atomic E-state index is 0.000645. The van der Waals surface area contributed by atoms with Gasteiger partial charge in [0.05, 0.1) is 0 Å². The molecule has 0 bridgehead atoms. The molecule has 1 aromatic rings. The van der Waals surface area contributed by atoms with Crippen LogP contribution in [0.1, 0.15) is 36.7 Å². The van der Waals surface area contributed by atoms with Gasteiger partial charge in [-0.25, -0.2) is 17.9 Å². The molecule has 1 aliphatic carbocycles. The van der Waals surface area contributed by atoms with Crippen molar-refractivity contribution >= 4 is 16.0 Å². The Balaban J connectivity index is 2.15. The maximum Gasteiger partial charge on any atom is 0.352 e. The molecule has 0 unspecified atom stereocenters. The number of aryl methyl sites for hydroxylation is 1. The SMILES string of the molecule is CCC1(CNS(=O)(=O)c2cc(C(=O)O)n(C)c2)CC1. The van der Waals surface area contributed by atoms with Gasteiger partial charge in [0.1, 0.15) is 10.6 Å². The summed E-state index contributed by atoms with van der Waals surface area (Å²) >= 11 is 0. The second-order valence-corrected chi connectivity index (χ2v) is 6.92. The fourth-order valence-electron chi connectivity index (χ4n) is 2.06. The standard InChI is InChI=1S/C12H18N2O4S/c1-3-12(4-5-12)8-13-19(17,18)9-6-10(11(15)16)14(2)7-9/h6-7,13H,3-5,8H2,1-2H3,(H,15,16). The number of rotatable bonds is 6. The van der Waals surface area contributed by atoms with E-state index >= 15 is 0 Å². The molecule has 0 aromatic carbocycles. The molecule has 7 heteroatoms. The Labute approximate surface area is 112 Å². The van der Waals surface area contributed by atoms with Crippen LogP contribution in [-0.2, 0) is 17.1 Å². The Morgan fingerprint density at radius 1 is 1.53 bits per heavy atom. The molecular weight excluding hydrogens is 268 g/mol. The van der Waals surface area contributed by atoms with Crippen LogP contribution in [0, 0.1) is 5.41 Å². The van der Waals surface area contributed by atoms with Gasteiger partial charge in [0, 0.05) is 19.8 Å². The van der Waals surface area contributed by atoms with E-state index in [-0.39, 0.29) is 16.0 Å². The molecule has 1 aromatic heterocycles. The van der Waals surface area contributed by atoms with Gasteiger partial charge in [-0.05, 0) is 30.7 Å². The number of carboxylic acids is 1. The van der Waals surface area contributed by atoms with Gasteiger partial charge in [-0.15, -0.1) is 0 Å². The van der Waals surface area contributed by atoms with E-state index in [9.17, 15) is 13.2 Å². The lowest BCUT2D eigenvalue weighted by Gasteiger charge is -2.12. The lowest BCUT2D eigenvalue weighted by molar-refractivity contribution is 0.0686. The van der Waals surface area contributed by atoms with Gasteiger partial charge >= 0.3 is 5.97 Å². The third-order valence-corrected chi connectivity index (χ3v) is 5.22. The van der Waals surface area contributed by atoms with E-state index < -0.39 is 16.0 Å². The molecule has 1 aliphatic rings. The van der Waals surface area contributed by atoms with Crippen molar-refractivity contribution in [2.24, 2.45) is 12.5 Å². The van der Waals surface area contributed by atoms with E-state index in [0.717, 1.165) is 19.3 Å². The van der Waals surface area contributed by atoms with E-state index in [1.54, 1.807) is 0 Å². The summed E-state index contributed by atoms with van der Waals surface area (Å²) in [5.41, 5.74) is 0.0642. The van der Waals surface area contributed by atoms with Crippen LogP contribution in [0.4, 0.5) is 0 Å². The van der Waals surface area contributed by atoms with E-state index in [0.29, 0.717) is 6.54 Å². The second kappa shape index (κ2) is 4.64. The third kappa shape index (κ3) is 2.82. The Morgan fingerprint density at radius 3 is 2.58 bits per heavy atom. The van der Waals surface area contributed by atoms with Crippen LogP contribution >= 0.6 is 0 Å². The largest absolute Gasteiger partial charge is 0.477 e. The van der Waals surface area contributed by atoms with Crippen molar-refractivity contribution < 1.29 is 18.3 Å². The monoisotopic (exact) mass is 286 g/mol. The van der Waals surface area contributed by atoms with Gasteiger partial charge in [-0.2, -0.15) is 0 Å². The van der Waals surface area contributed by atoms with Gasteiger partial charge in [-0.1, -0.05) is 6.92 Å². The number of carbonyl (C=O) groups is 1. The van der Waals surface area contributed by atoms with Gasteiger partial charge in [0.2, 0.25) is 10.0 Å². The summed E-state index contributed by atoms with van der Waals surface area (Å²) in [7, 11) is -2.12. The molecule has 19 heavy (non-hydrogen) atoms. The molecule has 0 radical (unpaired) electrons. The maximum atomic E-state index is 12.1. The van der Waals surface area contributed by atoms with Crippen LogP contribution in [-0.4, -0.2) is 30.6 Å². The Hall–Kier alpha value is -1.34. The lowest BCUT2D eigenvalue weighted by atomic mass is 10.1. The summed E-state index contributed by atoms with van der Waals surface area (Å²) in [6.07, 6.45) is 4.35. The lowest BCUT2D eigenvalue weighted by Crippen LogP contribution is -2.29. The third-order valence-electron chi connectivity index (χ3n) is 3.85. The van der Waals surface area contributed by atoms with E-state index in [1.165, 1.54) is 23.9 Å². The average molecular weight is 286 g/mol. The molecule has 0 atom stereocenters. The molecule has 0 amide bonds. The summed E-state index contributed by atoms with van der Waals surface area (Å²) in [6.45, 7) is 2.47. The van der Waals surface area contributed by atoms with E-state index in [1.807, 2.05) is 6.92 Å². The van der Waals surface area contributed by atoms with Gasteiger partial charge in [0.15, 0.2) is 0 Å². The quantitative estimate of drug-likeness (QED) is 0.822. The highest BCUT2D eigenvalue weighted by atomic mass is 32.2. The van der Waals surface area contributed by atoms with Gasteiger partial charge < -0.3 is 9.67 Å². The summed E-state index contributed by atoms with van der Waals surface area (Å²) in [6, 6.07) is 1.18. The molecule has 0 spiro atoms. The molecule has 1 heterocycles. The fraction of sp³-hybridized carbons (Fsp3) is 0.583. The van der Waals surface area contributed by atoms with Crippen molar-refractivity contribution in [3.8, 4) is 0 Å². The summed E-state index contributed by atoms with van der Waals surface area (Å²) < 4.78 is 28.1. The molecule has 2 rings (SSSR count). The molecular formula is C12H18N2O4S. The van der Waals surface area contributed by atoms with Crippen molar-refractivity contribution in [2.75, 3.05) is 6.54 Å². The first-order valence-electron chi connectivity index (χ1n) is 6.19. The summed E-state index contributed by atoms with van der Waals surface area (Å²) in [5, 5.41) is 8.92. The van der Waals surface area contributed by atoms with Crippen LogP contribution in [0.25, 0.3) is 0 Å². The average Bonchev–Trinajstić information content (AvgIpc) is 3.02. The number of nitrogens with zero attached hydrogens (tertiary/aromatic N) is 1. The van der Waals surface area contributed by atoms with Crippen molar-refractivity contribution in [3.05, 3.63) is 18.0 Å². The molecule has 0 aliphatic heterocycles. The number of hydrogen-bond donors (Lipinski definition) is 2. The van der Waals surface area contributed by atoms with Crippen LogP contribution < -0.4 is 4.72 Å². The first-order chi connectivity index (χ1) is 8.80. The molecule has 0 saturated heterocycles. The van der Waals surface area contributed by atoms with Crippen LogP contribution in [0.5, 0.6) is 0 Å². The minimum Gasteiger partial charge on any atom is -0.477 e. The van der Waals surface area contributed by atoms with Crippen molar-refractivity contribution in [3.63, 3.8) is 0 Å². The molecule has 2 N–H and O–H groups in total. The van der Waals surface area contributed by atoms with Crippen LogP contribution in [0.15, 0.2) is 17.2 Å². The number of aromatic nitrogens is 1. The molecule has 1 fully saturated rings. The zero-order chi connectivity index (χ0) is 14.3. The number of hydrogen-bond acceptors (Lipinski definition) is 3. The highest BCUT2D eigenvalue weighted by molar-refractivity contribution is 7.89. The first kappa shape index (κ1) is 14.1. The zero-order valence-electron chi connectivity index (χ0n) is 11.0. The maximum absolute atomic E-state index is 12.1. The topological polar surface area (TPSA) is 88.4 Å². The molecule has 1 saturated carbocycles. The summed E-state index contributed by atoms with van der Waals surface area (Å²) in [5.74, 6) is -1.14. The highest BCUT2D eigenvalue weighted by Crippen LogP contribution is 2.48. The number of carboxylic acid groups (broad SMARTS) is 1. The fourth-order valence-corrected chi connectivity index (χ4v) is 3.28. The molecule has 106 valence electrons. The Morgan fingerprint density at radius 2 is 2.16 bits per heavy atom. The van der Waals surface area contributed by atoms with Crippen LogP contribution in [0.2, 0.25) is 0 Å². The second-order valence-electron chi connectivity index (χ2n) is 5.16. The smallest absolute Gasteiger partial charge is 0.352 e. The first-order valence-corrected chi connectivity index (χ1v) is 7.67. The Bertz CT molecular complexity index is 599. The van der Waals surface area contributed by atoms with Crippen molar-refractivity contribution in [2.45, 2.75) is 31.1 Å². The number of nitrogens with one attached hydrogen (secondary N) is 1. The zero-order valence-corrected chi connectivity index (χ0v) is 11.8. The van der Waals surface area contributed by atoms with Crippen molar-refractivity contribution in [1.29, 1.82) is 0 Å². The van der Waals surface area contributed by atoms with Crippen LogP contribution in [0.3, 0.4) is 0 Å². The Kier molecular flexibility index (Phi) is 3.44. The van der Waals surface area contributed by atoms with Crippen molar-refractivity contribution in [1.82, 2.24) is 9.29 Å². The number of aromatic carboxylic acids is 1. The minimum atomic E-state index is -3.63. The predicted molar refractivity (Wildman–Crippen MR) is 69.5 cm³/mol. The normalized spacial score (nSPS) is 17.4. The van der Waals surface area contributed by atoms with Gasteiger partial charge in [-0.3, -0.25) is 0 Å². The predicted octanol–water partition coefficient (Wildman–Crippen LogP) is 1.19. The van der Waals surface area contributed by atoms with E-state index in [2.05, 4.69) is 4.72 Å². The number of sulfonamides is 1. The summed E-state index contributed by atoms with van der Waals surface area (Å²) in [4.78, 5) is 10.9.